The predicted molar refractivity (Wildman–Crippen MR) is 99.6 cm³/mol. The number of amides is 1. The molecule has 3 rings (SSSR count). The van der Waals surface area contributed by atoms with E-state index in [0.717, 1.165) is 28.5 Å². The molecule has 0 aliphatic carbocycles. The zero-order valence-electron chi connectivity index (χ0n) is 14.8. The number of nitrogens with zero attached hydrogens (tertiary/aromatic N) is 4. The first-order valence-electron chi connectivity index (χ1n) is 8.01. The minimum Gasteiger partial charge on any atom is -0.378 e. The number of hydrogen-bond acceptors (Lipinski definition) is 4. The topological polar surface area (TPSA) is 63.1 Å². The Labute approximate surface area is 147 Å². The van der Waals surface area contributed by atoms with E-state index in [1.165, 1.54) is 0 Å². The maximum absolute atomic E-state index is 12.4. The number of carbonyl (C=O) groups is 1. The number of aryl methyl sites for hydroxylation is 1. The molecule has 1 aromatic carbocycles. The number of imidazole rings is 1. The predicted octanol–water partition coefficient (Wildman–Crippen LogP) is 3.20. The van der Waals surface area contributed by atoms with Crippen molar-refractivity contribution in [3.8, 4) is 5.69 Å². The van der Waals surface area contributed by atoms with E-state index in [2.05, 4.69) is 15.3 Å². The summed E-state index contributed by atoms with van der Waals surface area (Å²) in [6.07, 6.45) is 3.44. The Morgan fingerprint density at radius 3 is 2.40 bits per heavy atom. The van der Waals surface area contributed by atoms with Crippen molar-refractivity contribution in [3.05, 3.63) is 66.0 Å². The quantitative estimate of drug-likeness (QED) is 0.795. The summed E-state index contributed by atoms with van der Waals surface area (Å²) in [6.45, 7) is 4.01. The smallest absolute Gasteiger partial charge is 0.274 e. The maximum Gasteiger partial charge on any atom is 0.274 e. The first-order valence-corrected chi connectivity index (χ1v) is 8.01. The first-order chi connectivity index (χ1) is 12.0. The SMILES string of the molecule is Cc1ncn(-c2ccc(NC(=O)c3cc(N(C)C)ccn3)cc2)c1C. The van der Waals surface area contributed by atoms with E-state index in [1.54, 1.807) is 18.6 Å². The van der Waals surface area contributed by atoms with Gasteiger partial charge in [0.2, 0.25) is 0 Å². The summed E-state index contributed by atoms with van der Waals surface area (Å²) in [5, 5.41) is 2.88. The van der Waals surface area contributed by atoms with Gasteiger partial charge in [0, 0.05) is 43.0 Å². The van der Waals surface area contributed by atoms with Crippen LogP contribution in [-0.4, -0.2) is 34.5 Å². The Balaban J connectivity index is 1.76. The zero-order valence-corrected chi connectivity index (χ0v) is 14.8. The summed E-state index contributed by atoms with van der Waals surface area (Å²) in [7, 11) is 3.85. The number of carbonyl (C=O) groups excluding carboxylic acids is 1. The molecule has 0 bridgehead atoms. The molecular weight excluding hydrogens is 314 g/mol. The van der Waals surface area contributed by atoms with Crippen molar-refractivity contribution >= 4 is 17.3 Å². The van der Waals surface area contributed by atoms with Crippen LogP contribution in [0.2, 0.25) is 0 Å². The van der Waals surface area contributed by atoms with E-state index < -0.39 is 0 Å². The normalized spacial score (nSPS) is 10.6. The molecule has 6 heteroatoms. The molecule has 0 spiro atoms. The summed E-state index contributed by atoms with van der Waals surface area (Å²) < 4.78 is 2.02. The van der Waals surface area contributed by atoms with E-state index in [1.807, 2.05) is 67.7 Å². The number of aromatic nitrogens is 3. The Morgan fingerprint density at radius 2 is 1.80 bits per heavy atom. The highest BCUT2D eigenvalue weighted by Gasteiger charge is 2.10. The van der Waals surface area contributed by atoms with Gasteiger partial charge in [-0.2, -0.15) is 0 Å². The minimum atomic E-state index is -0.230. The van der Waals surface area contributed by atoms with Gasteiger partial charge < -0.3 is 14.8 Å². The summed E-state index contributed by atoms with van der Waals surface area (Å²) in [5.41, 5.74) is 5.15. The molecule has 0 atom stereocenters. The second-order valence-corrected chi connectivity index (χ2v) is 6.08. The molecule has 25 heavy (non-hydrogen) atoms. The van der Waals surface area contributed by atoms with E-state index in [-0.39, 0.29) is 5.91 Å². The number of benzene rings is 1. The number of pyridine rings is 1. The van der Waals surface area contributed by atoms with Gasteiger partial charge in [0.25, 0.3) is 5.91 Å². The largest absolute Gasteiger partial charge is 0.378 e. The molecule has 0 aliphatic heterocycles. The van der Waals surface area contributed by atoms with Crippen LogP contribution in [0.1, 0.15) is 21.9 Å². The Kier molecular flexibility index (Phi) is 4.52. The van der Waals surface area contributed by atoms with Crippen LogP contribution in [0.4, 0.5) is 11.4 Å². The molecule has 1 N–H and O–H groups in total. The molecule has 128 valence electrons. The number of rotatable bonds is 4. The minimum absolute atomic E-state index is 0.230. The van der Waals surface area contributed by atoms with E-state index in [0.29, 0.717) is 5.69 Å². The molecule has 0 radical (unpaired) electrons. The number of hydrogen-bond donors (Lipinski definition) is 1. The van der Waals surface area contributed by atoms with Crippen molar-refractivity contribution in [2.75, 3.05) is 24.3 Å². The molecule has 3 aromatic rings. The summed E-state index contributed by atoms with van der Waals surface area (Å²) in [5.74, 6) is -0.230. The third kappa shape index (κ3) is 3.52. The van der Waals surface area contributed by atoms with Crippen molar-refractivity contribution in [2.24, 2.45) is 0 Å². The van der Waals surface area contributed by atoms with Gasteiger partial charge in [0.15, 0.2) is 0 Å². The van der Waals surface area contributed by atoms with Gasteiger partial charge in [-0.3, -0.25) is 9.78 Å². The van der Waals surface area contributed by atoms with Crippen molar-refractivity contribution in [1.82, 2.24) is 14.5 Å². The van der Waals surface area contributed by atoms with Gasteiger partial charge in [0.1, 0.15) is 5.69 Å². The van der Waals surface area contributed by atoms with Crippen LogP contribution < -0.4 is 10.2 Å². The first kappa shape index (κ1) is 16.7. The molecular formula is C19H21N5O. The lowest BCUT2D eigenvalue weighted by atomic mass is 10.2. The lowest BCUT2D eigenvalue weighted by molar-refractivity contribution is 0.102. The lowest BCUT2D eigenvalue weighted by Crippen LogP contribution is -2.15. The fourth-order valence-corrected chi connectivity index (χ4v) is 2.48. The highest BCUT2D eigenvalue weighted by molar-refractivity contribution is 6.03. The summed E-state index contributed by atoms with van der Waals surface area (Å²) in [6, 6.07) is 11.3. The van der Waals surface area contributed by atoms with Gasteiger partial charge in [-0.15, -0.1) is 0 Å². The molecule has 2 heterocycles. The monoisotopic (exact) mass is 335 g/mol. The molecule has 0 saturated heterocycles. The second kappa shape index (κ2) is 6.76. The molecule has 1 amide bonds. The lowest BCUT2D eigenvalue weighted by Gasteiger charge is -2.13. The number of anilines is 2. The third-order valence-electron chi connectivity index (χ3n) is 4.15. The van der Waals surface area contributed by atoms with Crippen LogP contribution in [0.5, 0.6) is 0 Å². The van der Waals surface area contributed by atoms with Gasteiger partial charge in [-0.25, -0.2) is 4.98 Å². The fraction of sp³-hybridized carbons (Fsp3) is 0.211. The van der Waals surface area contributed by atoms with Crippen molar-refractivity contribution < 1.29 is 4.79 Å². The molecule has 6 nitrogen and oxygen atoms in total. The van der Waals surface area contributed by atoms with Crippen molar-refractivity contribution in [2.45, 2.75) is 13.8 Å². The Bertz CT molecular complexity index is 896. The van der Waals surface area contributed by atoms with Gasteiger partial charge in [0.05, 0.1) is 12.0 Å². The van der Waals surface area contributed by atoms with Gasteiger partial charge in [-0.1, -0.05) is 0 Å². The van der Waals surface area contributed by atoms with Crippen LogP contribution >= 0.6 is 0 Å². The van der Waals surface area contributed by atoms with E-state index in [9.17, 15) is 4.79 Å². The van der Waals surface area contributed by atoms with Crippen LogP contribution in [0.3, 0.4) is 0 Å². The van der Waals surface area contributed by atoms with Crippen LogP contribution in [0, 0.1) is 13.8 Å². The van der Waals surface area contributed by atoms with Crippen molar-refractivity contribution in [3.63, 3.8) is 0 Å². The summed E-state index contributed by atoms with van der Waals surface area (Å²) >= 11 is 0. The molecule has 2 aromatic heterocycles. The maximum atomic E-state index is 12.4. The number of nitrogens with one attached hydrogen (secondary N) is 1. The zero-order chi connectivity index (χ0) is 18.0. The molecule has 0 aliphatic rings. The second-order valence-electron chi connectivity index (χ2n) is 6.08. The molecule has 0 saturated carbocycles. The highest BCUT2D eigenvalue weighted by Crippen LogP contribution is 2.18. The van der Waals surface area contributed by atoms with Crippen LogP contribution in [0.15, 0.2) is 48.9 Å². The average molecular weight is 335 g/mol. The molecule has 0 unspecified atom stereocenters. The van der Waals surface area contributed by atoms with E-state index in [4.69, 9.17) is 0 Å². The standard InChI is InChI=1S/C19H21N5O/c1-13-14(2)24(12-21-13)16-7-5-15(6-8-16)22-19(25)18-11-17(23(3)4)9-10-20-18/h5-12H,1-4H3,(H,22,25). The van der Waals surface area contributed by atoms with Gasteiger partial charge in [-0.05, 0) is 50.2 Å². The third-order valence-corrected chi connectivity index (χ3v) is 4.15. The fourth-order valence-electron chi connectivity index (χ4n) is 2.48. The van der Waals surface area contributed by atoms with Crippen molar-refractivity contribution in [1.29, 1.82) is 0 Å². The molecule has 0 fully saturated rings. The summed E-state index contributed by atoms with van der Waals surface area (Å²) in [4.78, 5) is 22.8. The van der Waals surface area contributed by atoms with Crippen LogP contribution in [0.25, 0.3) is 5.69 Å². The van der Waals surface area contributed by atoms with E-state index >= 15 is 0 Å². The Morgan fingerprint density at radius 1 is 1.08 bits per heavy atom. The van der Waals surface area contributed by atoms with Gasteiger partial charge >= 0.3 is 0 Å². The highest BCUT2D eigenvalue weighted by atomic mass is 16.1. The average Bonchev–Trinajstić information content (AvgIpc) is 2.95. The Hall–Kier alpha value is -3.15. The van der Waals surface area contributed by atoms with Crippen LogP contribution in [-0.2, 0) is 0 Å².